The molecule has 0 saturated carbocycles. The van der Waals surface area contributed by atoms with Gasteiger partial charge in [-0.1, -0.05) is 0 Å². The Morgan fingerprint density at radius 2 is 1.52 bits per heavy atom. The van der Waals surface area contributed by atoms with Gasteiger partial charge in [0, 0.05) is 6.54 Å². The summed E-state index contributed by atoms with van der Waals surface area (Å²) >= 11 is 1.43. The number of nitrogens with one attached hydrogen (secondary N) is 3. The average Bonchev–Trinajstić information content (AvgIpc) is 2.72. The second-order valence-corrected chi connectivity index (χ2v) is 8.18. The maximum atomic E-state index is 12.8. The van der Waals surface area contributed by atoms with Crippen molar-refractivity contribution in [3.05, 3.63) is 0 Å². The molecule has 14 nitrogen and oxygen atoms in total. The number of thioether (sulfide) groups is 1. The molecule has 0 spiro atoms. The van der Waals surface area contributed by atoms with Crippen molar-refractivity contribution in [2.45, 2.75) is 56.8 Å². The Morgan fingerprint density at radius 1 is 0.939 bits per heavy atom. The van der Waals surface area contributed by atoms with E-state index in [0.717, 1.165) is 0 Å². The zero-order chi connectivity index (χ0) is 25.6. The van der Waals surface area contributed by atoms with Gasteiger partial charge in [0.25, 0.3) is 0 Å². The van der Waals surface area contributed by atoms with Gasteiger partial charge in [-0.2, -0.15) is 11.8 Å². The van der Waals surface area contributed by atoms with Crippen molar-refractivity contribution in [2.24, 2.45) is 27.9 Å². The number of nitrogens with zero attached hydrogens (tertiary/aromatic N) is 1. The predicted molar refractivity (Wildman–Crippen MR) is 124 cm³/mol. The molecule has 188 valence electrons. The van der Waals surface area contributed by atoms with Crippen LogP contribution < -0.4 is 38.9 Å². The van der Waals surface area contributed by atoms with Crippen LogP contribution in [0.2, 0.25) is 0 Å². The molecule has 15 heteroatoms. The molecule has 0 aliphatic heterocycles. The number of nitrogens with two attached hydrogens (primary N) is 4. The molecule has 0 rings (SSSR count). The van der Waals surface area contributed by atoms with Crippen LogP contribution in [0, 0.1) is 0 Å². The Hall–Kier alpha value is -3.07. The first-order valence-corrected chi connectivity index (χ1v) is 11.5. The third kappa shape index (κ3) is 13.2. The van der Waals surface area contributed by atoms with Gasteiger partial charge in [0.1, 0.15) is 18.1 Å². The number of guanidine groups is 1. The highest BCUT2D eigenvalue weighted by molar-refractivity contribution is 7.98. The Morgan fingerprint density at radius 3 is 2.03 bits per heavy atom. The minimum atomic E-state index is -1.42. The highest BCUT2D eigenvalue weighted by Gasteiger charge is 2.30. The van der Waals surface area contributed by atoms with E-state index in [-0.39, 0.29) is 18.8 Å². The van der Waals surface area contributed by atoms with Crippen molar-refractivity contribution >= 4 is 47.3 Å². The summed E-state index contributed by atoms with van der Waals surface area (Å²) in [7, 11) is 0. The third-order valence-corrected chi connectivity index (χ3v) is 4.96. The fraction of sp³-hybridized carbons (Fsp3) is 0.667. The number of rotatable bonds is 16. The van der Waals surface area contributed by atoms with E-state index in [9.17, 15) is 24.0 Å². The maximum absolute atomic E-state index is 12.8. The molecule has 0 heterocycles. The van der Waals surface area contributed by atoms with Crippen LogP contribution in [-0.2, 0) is 24.0 Å². The average molecular weight is 491 g/mol. The molecule has 0 bridgehead atoms. The summed E-state index contributed by atoms with van der Waals surface area (Å²) in [5.41, 5.74) is 21.5. The molecule has 4 unspecified atom stereocenters. The molecular formula is C18H34N8O6S. The normalized spacial score (nSPS) is 14.2. The van der Waals surface area contributed by atoms with Crippen LogP contribution in [-0.4, -0.2) is 83.4 Å². The molecule has 0 saturated heterocycles. The molecule has 0 radical (unpaired) electrons. The lowest BCUT2D eigenvalue weighted by Crippen LogP contribution is -2.57. The zero-order valence-electron chi connectivity index (χ0n) is 18.7. The van der Waals surface area contributed by atoms with Crippen molar-refractivity contribution in [3.8, 4) is 0 Å². The molecule has 4 amide bonds. The summed E-state index contributed by atoms with van der Waals surface area (Å²) in [4.78, 5) is 63.7. The fourth-order valence-corrected chi connectivity index (χ4v) is 2.96. The second kappa shape index (κ2) is 15.7. The van der Waals surface area contributed by atoms with E-state index in [1.807, 2.05) is 6.26 Å². The van der Waals surface area contributed by atoms with Crippen molar-refractivity contribution in [2.75, 3.05) is 18.6 Å². The molecule has 0 fully saturated rings. The summed E-state index contributed by atoms with van der Waals surface area (Å²) in [6, 6.07) is -4.65. The Bertz CT molecular complexity index is 731. The van der Waals surface area contributed by atoms with Crippen LogP contribution >= 0.6 is 11.8 Å². The van der Waals surface area contributed by atoms with Gasteiger partial charge < -0.3 is 44.0 Å². The van der Waals surface area contributed by atoms with E-state index in [2.05, 4.69) is 20.9 Å². The van der Waals surface area contributed by atoms with Crippen molar-refractivity contribution < 1.29 is 29.1 Å². The summed E-state index contributed by atoms with van der Waals surface area (Å²) in [5, 5.41) is 16.0. The minimum absolute atomic E-state index is 0.0749. The lowest BCUT2D eigenvalue weighted by Gasteiger charge is -2.24. The largest absolute Gasteiger partial charge is 0.480 e. The summed E-state index contributed by atoms with van der Waals surface area (Å²) in [6.45, 7) is 1.51. The Kier molecular flexibility index (Phi) is 14.2. The van der Waals surface area contributed by atoms with Gasteiger partial charge in [0.15, 0.2) is 5.96 Å². The molecule has 4 atom stereocenters. The van der Waals surface area contributed by atoms with Crippen molar-refractivity contribution in [1.29, 1.82) is 0 Å². The summed E-state index contributed by atoms with van der Waals surface area (Å²) in [6.07, 6.45) is 2.17. The minimum Gasteiger partial charge on any atom is -0.480 e. The van der Waals surface area contributed by atoms with Crippen LogP contribution in [0.15, 0.2) is 4.99 Å². The number of amides is 4. The molecule has 0 aliphatic rings. The van der Waals surface area contributed by atoms with Gasteiger partial charge in [-0.05, 0) is 38.2 Å². The van der Waals surface area contributed by atoms with Gasteiger partial charge >= 0.3 is 5.97 Å². The molecule has 0 aromatic heterocycles. The van der Waals surface area contributed by atoms with Crippen LogP contribution in [0.5, 0.6) is 0 Å². The van der Waals surface area contributed by atoms with Crippen LogP contribution in [0.1, 0.15) is 32.6 Å². The van der Waals surface area contributed by atoms with Gasteiger partial charge in [-0.3, -0.25) is 29.0 Å². The van der Waals surface area contributed by atoms with E-state index < -0.39 is 60.2 Å². The number of carbonyl (C=O) groups excluding carboxylic acids is 4. The topological polar surface area (TPSA) is 258 Å². The van der Waals surface area contributed by atoms with E-state index >= 15 is 0 Å². The number of primary amides is 1. The first kappa shape index (κ1) is 29.9. The lowest BCUT2D eigenvalue weighted by molar-refractivity contribution is -0.142. The first-order chi connectivity index (χ1) is 15.4. The predicted octanol–water partition coefficient (Wildman–Crippen LogP) is -3.45. The molecule has 0 aliphatic carbocycles. The van der Waals surface area contributed by atoms with E-state index in [1.165, 1.54) is 18.7 Å². The summed E-state index contributed by atoms with van der Waals surface area (Å²) in [5.74, 6) is -3.98. The highest BCUT2D eigenvalue weighted by atomic mass is 32.2. The number of hydrogen-bond donors (Lipinski definition) is 8. The third-order valence-electron chi connectivity index (χ3n) is 4.32. The number of aliphatic imine (C=N–C) groups is 1. The van der Waals surface area contributed by atoms with Gasteiger partial charge in [-0.15, -0.1) is 0 Å². The molecule has 0 aromatic carbocycles. The Balaban J connectivity index is 5.21. The number of carbonyl (C=O) groups is 5. The van der Waals surface area contributed by atoms with Gasteiger partial charge in [-0.25, -0.2) is 0 Å². The molecule has 0 aromatic rings. The Labute approximate surface area is 196 Å². The monoisotopic (exact) mass is 490 g/mol. The van der Waals surface area contributed by atoms with E-state index in [4.69, 9.17) is 28.0 Å². The fourth-order valence-electron chi connectivity index (χ4n) is 2.49. The quantitative estimate of drug-likeness (QED) is 0.0602. The SMILES string of the molecule is CSCCC(NC(=O)C(N)CCCN=C(N)N)C(=O)NC(CC(N)=O)C(=O)NC(C)C(=O)O. The van der Waals surface area contributed by atoms with Crippen LogP contribution in [0.25, 0.3) is 0 Å². The van der Waals surface area contributed by atoms with E-state index in [0.29, 0.717) is 18.7 Å². The van der Waals surface area contributed by atoms with Gasteiger partial charge in [0.2, 0.25) is 23.6 Å². The van der Waals surface area contributed by atoms with Crippen LogP contribution in [0.3, 0.4) is 0 Å². The zero-order valence-corrected chi connectivity index (χ0v) is 19.5. The smallest absolute Gasteiger partial charge is 0.325 e. The standard InChI is InChI=1S/C18H34N8O6S/c1-9(17(31)32)24-16(30)12(8-13(20)27)26-15(29)11(5-7-33-2)25-14(28)10(19)4-3-6-23-18(21)22/h9-12H,3-8,19H2,1-2H3,(H2,20,27)(H,24,30)(H,25,28)(H,26,29)(H,31,32)(H4,21,22,23). The number of hydrogen-bond acceptors (Lipinski definition) is 8. The van der Waals surface area contributed by atoms with Crippen LogP contribution in [0.4, 0.5) is 0 Å². The van der Waals surface area contributed by atoms with Gasteiger partial charge in [0.05, 0.1) is 12.5 Å². The first-order valence-electron chi connectivity index (χ1n) is 10.1. The lowest BCUT2D eigenvalue weighted by atomic mass is 10.1. The number of carboxylic acid groups (broad SMARTS) is 1. The number of aliphatic carboxylic acids is 1. The summed E-state index contributed by atoms with van der Waals surface area (Å²) < 4.78 is 0. The molecular weight excluding hydrogens is 456 g/mol. The molecule has 33 heavy (non-hydrogen) atoms. The van der Waals surface area contributed by atoms with E-state index in [1.54, 1.807) is 0 Å². The molecule has 12 N–H and O–H groups in total. The van der Waals surface area contributed by atoms with Crippen molar-refractivity contribution in [3.63, 3.8) is 0 Å². The second-order valence-electron chi connectivity index (χ2n) is 7.20. The number of carboxylic acids is 1. The maximum Gasteiger partial charge on any atom is 0.325 e. The highest BCUT2D eigenvalue weighted by Crippen LogP contribution is 2.05. The van der Waals surface area contributed by atoms with Crippen molar-refractivity contribution in [1.82, 2.24) is 16.0 Å².